The van der Waals surface area contributed by atoms with Crippen molar-refractivity contribution in [2.24, 2.45) is 0 Å². The molecule has 12 heteroatoms. The second-order valence-electron chi connectivity index (χ2n) is 9.80. The molecule has 4 N–H and O–H groups in total. The van der Waals surface area contributed by atoms with Crippen molar-refractivity contribution in [1.82, 2.24) is 9.80 Å². The molecule has 0 radical (unpaired) electrons. The van der Waals surface area contributed by atoms with Crippen LogP contribution in [0.5, 0.6) is 0 Å². The van der Waals surface area contributed by atoms with Crippen LogP contribution < -0.4 is 0 Å². The largest absolute Gasteiger partial charge is 0.478 e. The number of hydrogen-bond acceptors (Lipinski definition) is 8. The third kappa shape index (κ3) is 4.62. The molecule has 0 fully saturated rings. The molecule has 0 atom stereocenters. The predicted octanol–water partition coefficient (Wildman–Crippen LogP) is 1.75. The summed E-state index contributed by atoms with van der Waals surface area (Å²) in [5.74, 6) is -5.21. The maximum atomic E-state index is 13.3. The monoisotopic (exact) mass is 572 g/mol. The van der Waals surface area contributed by atoms with Gasteiger partial charge in [0.1, 0.15) is 0 Å². The minimum atomic E-state index is -1.29. The van der Waals surface area contributed by atoms with Crippen LogP contribution in [0.3, 0.4) is 0 Å². The van der Waals surface area contributed by atoms with Crippen LogP contribution in [0.1, 0.15) is 84.4 Å². The van der Waals surface area contributed by atoms with Gasteiger partial charge >= 0.3 is 11.9 Å². The highest BCUT2D eigenvalue weighted by Gasteiger charge is 2.40. The van der Waals surface area contributed by atoms with Crippen LogP contribution >= 0.6 is 0 Å². The summed E-state index contributed by atoms with van der Waals surface area (Å²) in [4.78, 5) is 78.1. The Kier molecular flexibility index (Phi) is 7.42. The number of carboxylic acids is 2. The van der Waals surface area contributed by atoms with Crippen LogP contribution in [-0.2, 0) is 25.9 Å². The van der Waals surface area contributed by atoms with Gasteiger partial charge in [-0.2, -0.15) is 0 Å². The van der Waals surface area contributed by atoms with E-state index in [2.05, 4.69) is 0 Å². The Morgan fingerprint density at radius 3 is 1.36 bits per heavy atom. The van der Waals surface area contributed by atoms with Crippen LogP contribution in [0.2, 0.25) is 0 Å². The van der Waals surface area contributed by atoms with Crippen LogP contribution in [0, 0.1) is 0 Å². The summed E-state index contributed by atoms with van der Waals surface area (Å²) in [7, 11) is 0. The molecule has 0 spiro atoms. The van der Waals surface area contributed by atoms with Crippen LogP contribution in [-0.4, -0.2) is 79.0 Å². The number of benzene rings is 3. The number of amides is 4. The highest BCUT2D eigenvalue weighted by Crippen LogP contribution is 2.32. The van der Waals surface area contributed by atoms with Gasteiger partial charge in [0.25, 0.3) is 23.6 Å². The minimum absolute atomic E-state index is 0.0371. The van der Waals surface area contributed by atoms with Gasteiger partial charge in [0, 0.05) is 13.2 Å². The lowest BCUT2D eigenvalue weighted by molar-refractivity contribution is 0.0629. The molecular weight excluding hydrogens is 548 g/mol. The summed E-state index contributed by atoms with van der Waals surface area (Å²) < 4.78 is 0. The summed E-state index contributed by atoms with van der Waals surface area (Å²) in [6.07, 6.45) is -0.247. The van der Waals surface area contributed by atoms with Crippen molar-refractivity contribution in [3.8, 4) is 0 Å². The van der Waals surface area contributed by atoms with Gasteiger partial charge in [-0.25, -0.2) is 9.59 Å². The van der Waals surface area contributed by atoms with Crippen molar-refractivity contribution < 1.29 is 49.2 Å². The maximum Gasteiger partial charge on any atom is 0.335 e. The Hall–Kier alpha value is -5.20. The van der Waals surface area contributed by atoms with Crippen LogP contribution in [0.15, 0.2) is 48.5 Å². The molecule has 0 unspecified atom stereocenters. The zero-order valence-corrected chi connectivity index (χ0v) is 22.0. The summed E-state index contributed by atoms with van der Waals surface area (Å²) in [5.41, 5.74) is 0.752. The van der Waals surface area contributed by atoms with Gasteiger partial charge in [-0.05, 0) is 59.4 Å². The first-order valence-corrected chi connectivity index (χ1v) is 12.9. The van der Waals surface area contributed by atoms with Gasteiger partial charge in [0.05, 0.1) is 46.5 Å². The van der Waals surface area contributed by atoms with Crippen molar-refractivity contribution in [2.45, 2.75) is 25.9 Å². The van der Waals surface area contributed by atoms with E-state index in [1.807, 2.05) is 0 Å². The first-order chi connectivity index (χ1) is 20.1. The molecule has 0 bridgehead atoms. The molecule has 214 valence electrons. The highest BCUT2D eigenvalue weighted by atomic mass is 16.4. The molecule has 12 nitrogen and oxygen atoms in total. The second kappa shape index (κ2) is 11.0. The maximum absolute atomic E-state index is 13.3. The van der Waals surface area contributed by atoms with E-state index in [0.717, 1.165) is 9.80 Å². The molecular formula is C30H24N2O10. The average molecular weight is 573 g/mol. The normalized spacial score (nSPS) is 14.0. The quantitative estimate of drug-likeness (QED) is 0.260. The molecule has 0 saturated carbocycles. The molecule has 0 aliphatic carbocycles. The lowest BCUT2D eigenvalue weighted by Crippen LogP contribution is -2.30. The topological polar surface area (TPSA) is 190 Å². The molecule has 0 aromatic heterocycles. The Labute approximate surface area is 238 Å². The Balaban J connectivity index is 1.40. The van der Waals surface area contributed by atoms with E-state index in [9.17, 15) is 49.2 Å². The smallest absolute Gasteiger partial charge is 0.335 e. The number of rotatable bonds is 10. The molecule has 4 amide bonds. The lowest BCUT2D eigenvalue weighted by Gasteiger charge is -2.17. The number of aromatic carboxylic acids is 2. The first kappa shape index (κ1) is 28.3. The van der Waals surface area contributed by atoms with Crippen molar-refractivity contribution >= 4 is 35.6 Å². The van der Waals surface area contributed by atoms with Gasteiger partial charge < -0.3 is 20.4 Å². The summed E-state index contributed by atoms with van der Waals surface area (Å²) in [5, 5.41) is 37.9. The van der Waals surface area contributed by atoms with Gasteiger partial charge in [0.2, 0.25) is 0 Å². The van der Waals surface area contributed by atoms with E-state index >= 15 is 0 Å². The van der Waals surface area contributed by atoms with E-state index < -0.39 is 48.8 Å². The van der Waals surface area contributed by atoms with Crippen molar-refractivity contribution in [3.05, 3.63) is 104 Å². The molecule has 2 aliphatic rings. The van der Waals surface area contributed by atoms with Crippen LogP contribution in [0.25, 0.3) is 0 Å². The number of carboxylic acid groups (broad SMARTS) is 2. The minimum Gasteiger partial charge on any atom is -0.478 e. The molecule has 2 aliphatic heterocycles. The molecule has 2 heterocycles. The summed E-state index contributed by atoms with van der Waals surface area (Å²) in [6, 6.07) is 11.5. The Bertz CT molecular complexity index is 1590. The van der Waals surface area contributed by atoms with Gasteiger partial charge in [0.15, 0.2) is 0 Å². The molecule has 3 aromatic carbocycles. The Morgan fingerprint density at radius 1 is 0.595 bits per heavy atom. The van der Waals surface area contributed by atoms with Crippen molar-refractivity contribution in [2.75, 3.05) is 13.2 Å². The Morgan fingerprint density at radius 2 is 1.00 bits per heavy atom. The third-order valence-corrected chi connectivity index (χ3v) is 7.35. The fourth-order valence-electron chi connectivity index (χ4n) is 5.51. The number of aliphatic hydroxyl groups excluding tert-OH is 2. The van der Waals surface area contributed by atoms with E-state index in [1.54, 1.807) is 24.3 Å². The number of nitrogens with zero attached hydrogens (tertiary/aromatic N) is 2. The molecule has 0 saturated heterocycles. The molecule has 5 rings (SSSR count). The predicted molar refractivity (Wildman–Crippen MR) is 143 cm³/mol. The lowest BCUT2D eigenvalue weighted by atomic mass is 9.95. The zero-order valence-electron chi connectivity index (χ0n) is 22.0. The molecule has 3 aromatic rings. The van der Waals surface area contributed by atoms with Gasteiger partial charge in [-0.15, -0.1) is 0 Å². The standard InChI is InChI=1S/C30H24N2O10/c33-10-8-17-19(29(39)40)4-6-21-23(17)27(37)31(25(21)35)13-15-2-1-3-16(12-15)14-32-26(36)22-7-5-20(30(41)42)18(9-11-34)24(22)28(32)38/h1-7,12,33-34H,8-11,13-14H2,(H,39,40)(H,41,42). The van der Waals surface area contributed by atoms with Gasteiger partial charge in [-0.3, -0.25) is 29.0 Å². The van der Waals surface area contributed by atoms with Crippen molar-refractivity contribution in [1.29, 1.82) is 0 Å². The summed E-state index contributed by atoms with van der Waals surface area (Å²) in [6.45, 7) is -1.19. The molecule has 42 heavy (non-hydrogen) atoms. The highest BCUT2D eigenvalue weighted by molar-refractivity contribution is 6.23. The van der Waals surface area contributed by atoms with Gasteiger partial charge in [-0.1, -0.05) is 24.3 Å². The number of hydrogen-bond donors (Lipinski definition) is 4. The SMILES string of the molecule is O=C(O)c1ccc2c(c1CCO)C(=O)N(Cc1cccc(CN3C(=O)c4ccc(C(=O)O)c(CCO)c4C3=O)c1)C2=O. The number of imide groups is 2. The number of fused-ring (bicyclic) bond motifs is 2. The zero-order chi connectivity index (χ0) is 30.3. The first-order valence-electron chi connectivity index (χ1n) is 12.9. The number of carbonyl (C=O) groups excluding carboxylic acids is 4. The van der Waals surface area contributed by atoms with E-state index in [4.69, 9.17) is 0 Å². The summed E-state index contributed by atoms with van der Waals surface area (Å²) >= 11 is 0. The van der Waals surface area contributed by atoms with E-state index in [0.29, 0.717) is 11.1 Å². The number of carbonyl (C=O) groups is 6. The second-order valence-corrected chi connectivity index (χ2v) is 9.80. The van der Waals surface area contributed by atoms with Crippen LogP contribution in [0.4, 0.5) is 0 Å². The fraction of sp³-hybridized carbons (Fsp3) is 0.200. The van der Waals surface area contributed by atoms with E-state index in [1.165, 1.54) is 24.3 Å². The van der Waals surface area contributed by atoms with E-state index in [-0.39, 0.29) is 70.4 Å². The number of aliphatic hydroxyl groups is 2. The third-order valence-electron chi connectivity index (χ3n) is 7.35. The van der Waals surface area contributed by atoms with Crippen molar-refractivity contribution in [3.63, 3.8) is 0 Å². The fourth-order valence-corrected chi connectivity index (χ4v) is 5.51. The average Bonchev–Trinajstić information content (AvgIpc) is 3.34.